The summed E-state index contributed by atoms with van der Waals surface area (Å²) in [4.78, 5) is 22.3. The van der Waals surface area contributed by atoms with Gasteiger partial charge in [-0.05, 0) is 23.8 Å². The highest BCUT2D eigenvalue weighted by molar-refractivity contribution is 9.10. The van der Waals surface area contributed by atoms with Gasteiger partial charge in [0.25, 0.3) is 5.91 Å². The highest BCUT2D eigenvalue weighted by Crippen LogP contribution is 2.29. The van der Waals surface area contributed by atoms with Gasteiger partial charge in [-0.15, -0.1) is 0 Å². The largest absolute Gasteiger partial charge is 0.502 e. The molecule has 0 radical (unpaired) electrons. The second-order valence-corrected chi connectivity index (χ2v) is 5.61. The van der Waals surface area contributed by atoms with Crippen LogP contribution >= 0.6 is 15.9 Å². The number of amides is 1. The number of nitrogens with zero attached hydrogens (tertiary/aromatic N) is 1. The van der Waals surface area contributed by atoms with Gasteiger partial charge >= 0.3 is 5.69 Å². The van der Waals surface area contributed by atoms with E-state index < -0.39 is 28.3 Å². The van der Waals surface area contributed by atoms with Crippen molar-refractivity contribution in [2.24, 2.45) is 0 Å². The monoisotopic (exact) mass is 380 g/mol. The number of nitrogens with one attached hydrogen (secondary N) is 1. The first kappa shape index (κ1) is 16.9. The van der Waals surface area contributed by atoms with Gasteiger partial charge in [0, 0.05) is 10.5 Å². The van der Waals surface area contributed by atoms with E-state index in [0.29, 0.717) is 5.56 Å². The van der Waals surface area contributed by atoms with Gasteiger partial charge in [-0.3, -0.25) is 14.9 Å². The van der Waals surface area contributed by atoms with Crippen LogP contribution in [0.25, 0.3) is 0 Å². The van der Waals surface area contributed by atoms with E-state index in [1.807, 2.05) is 0 Å². The zero-order chi connectivity index (χ0) is 17.0. The Morgan fingerprint density at radius 3 is 2.61 bits per heavy atom. The maximum atomic E-state index is 12.3. The van der Waals surface area contributed by atoms with Crippen LogP contribution in [-0.4, -0.2) is 27.7 Å². The number of nitro benzene ring substituents is 1. The van der Waals surface area contributed by atoms with Crippen LogP contribution in [0.2, 0.25) is 0 Å². The van der Waals surface area contributed by atoms with E-state index in [2.05, 4.69) is 21.2 Å². The summed E-state index contributed by atoms with van der Waals surface area (Å²) >= 11 is 3.30. The lowest BCUT2D eigenvalue weighted by Gasteiger charge is -2.17. The molecule has 3 N–H and O–H groups in total. The fourth-order valence-corrected chi connectivity index (χ4v) is 2.47. The summed E-state index contributed by atoms with van der Waals surface area (Å²) in [5, 5.41) is 32.7. The second-order valence-electron chi connectivity index (χ2n) is 4.69. The summed E-state index contributed by atoms with van der Waals surface area (Å²) in [7, 11) is 0. The predicted molar refractivity (Wildman–Crippen MR) is 86.2 cm³/mol. The van der Waals surface area contributed by atoms with Gasteiger partial charge in [-0.25, -0.2) is 0 Å². The molecular formula is C15H13BrN2O5. The predicted octanol–water partition coefficient (Wildman–Crippen LogP) is 2.53. The third-order valence-corrected chi connectivity index (χ3v) is 3.69. The molecule has 0 aliphatic rings. The summed E-state index contributed by atoms with van der Waals surface area (Å²) in [5.41, 5.74) is -0.131. The number of halogens is 1. The first-order chi connectivity index (χ1) is 10.9. The van der Waals surface area contributed by atoms with Gasteiger partial charge in [-0.2, -0.15) is 0 Å². The van der Waals surface area contributed by atoms with Crippen LogP contribution in [0.1, 0.15) is 22.0 Å². The molecule has 0 saturated heterocycles. The molecule has 23 heavy (non-hydrogen) atoms. The van der Waals surface area contributed by atoms with Gasteiger partial charge in [0.2, 0.25) is 5.75 Å². The minimum atomic E-state index is -0.774. The fourth-order valence-electron chi connectivity index (χ4n) is 2.06. The Morgan fingerprint density at radius 2 is 2.00 bits per heavy atom. The number of aromatic hydroxyl groups is 1. The van der Waals surface area contributed by atoms with Crippen molar-refractivity contribution in [3.8, 4) is 5.75 Å². The smallest absolute Gasteiger partial charge is 0.311 e. The topological polar surface area (TPSA) is 113 Å². The molecule has 0 saturated carbocycles. The lowest BCUT2D eigenvalue weighted by molar-refractivity contribution is -0.385. The van der Waals surface area contributed by atoms with E-state index in [1.165, 1.54) is 12.1 Å². The standard InChI is InChI=1S/C15H13BrN2O5/c16-10-4-1-3-9(7-10)12(8-19)17-15(21)11-5-2-6-13(14(11)20)18(22)23/h1-7,12,19-20H,8H2,(H,17,21). The minimum Gasteiger partial charge on any atom is -0.502 e. The van der Waals surface area contributed by atoms with Crippen molar-refractivity contribution in [1.82, 2.24) is 5.32 Å². The zero-order valence-electron chi connectivity index (χ0n) is 11.8. The number of rotatable bonds is 5. The van der Waals surface area contributed by atoms with Crippen molar-refractivity contribution in [3.05, 3.63) is 68.2 Å². The van der Waals surface area contributed by atoms with E-state index >= 15 is 0 Å². The first-order valence-corrected chi connectivity index (χ1v) is 7.37. The van der Waals surface area contributed by atoms with Crippen LogP contribution in [0.5, 0.6) is 5.75 Å². The second kappa shape index (κ2) is 7.21. The van der Waals surface area contributed by atoms with Gasteiger partial charge in [0.05, 0.1) is 23.1 Å². The Bertz CT molecular complexity index is 750. The molecule has 2 aromatic rings. The summed E-state index contributed by atoms with van der Waals surface area (Å²) in [6, 6.07) is 9.97. The number of benzene rings is 2. The Kier molecular flexibility index (Phi) is 5.30. The van der Waals surface area contributed by atoms with Gasteiger partial charge in [0.1, 0.15) is 0 Å². The lowest BCUT2D eigenvalue weighted by Crippen LogP contribution is -2.30. The molecule has 0 heterocycles. The lowest BCUT2D eigenvalue weighted by atomic mass is 10.1. The molecular weight excluding hydrogens is 368 g/mol. The maximum Gasteiger partial charge on any atom is 0.311 e. The number of hydrogen-bond acceptors (Lipinski definition) is 5. The molecule has 0 aliphatic carbocycles. The highest BCUT2D eigenvalue weighted by Gasteiger charge is 2.23. The average Bonchev–Trinajstić information content (AvgIpc) is 2.52. The normalized spacial score (nSPS) is 11.7. The van der Waals surface area contributed by atoms with E-state index in [9.17, 15) is 25.1 Å². The Hall–Kier alpha value is -2.45. The van der Waals surface area contributed by atoms with Gasteiger partial charge < -0.3 is 15.5 Å². The Labute approximate surface area is 139 Å². The molecule has 1 unspecified atom stereocenters. The summed E-state index contributed by atoms with van der Waals surface area (Å²) in [6.45, 7) is -0.363. The summed E-state index contributed by atoms with van der Waals surface area (Å²) in [6.07, 6.45) is 0. The molecule has 7 nitrogen and oxygen atoms in total. The molecule has 1 atom stereocenters. The summed E-state index contributed by atoms with van der Waals surface area (Å²) in [5.74, 6) is -1.42. The average molecular weight is 381 g/mol. The van der Waals surface area contributed by atoms with E-state index in [4.69, 9.17) is 0 Å². The SMILES string of the molecule is O=C(NC(CO)c1cccc(Br)c1)c1cccc([N+](=O)[O-])c1O. The molecule has 1 amide bonds. The molecule has 0 bridgehead atoms. The van der Waals surface area contributed by atoms with E-state index in [1.54, 1.807) is 24.3 Å². The van der Waals surface area contributed by atoms with Crippen molar-refractivity contribution < 1.29 is 19.9 Å². The van der Waals surface area contributed by atoms with Crippen LogP contribution in [-0.2, 0) is 0 Å². The quantitative estimate of drug-likeness (QED) is 0.544. The van der Waals surface area contributed by atoms with Gasteiger partial charge in [0.15, 0.2) is 0 Å². The van der Waals surface area contributed by atoms with Crippen LogP contribution in [0.3, 0.4) is 0 Å². The maximum absolute atomic E-state index is 12.3. The fraction of sp³-hybridized carbons (Fsp3) is 0.133. The number of hydrogen-bond donors (Lipinski definition) is 3. The van der Waals surface area contributed by atoms with Crippen molar-refractivity contribution in [2.45, 2.75) is 6.04 Å². The number of aliphatic hydroxyl groups is 1. The minimum absolute atomic E-state index is 0.229. The highest BCUT2D eigenvalue weighted by atomic mass is 79.9. The van der Waals surface area contributed by atoms with Gasteiger partial charge in [-0.1, -0.05) is 34.1 Å². The van der Waals surface area contributed by atoms with Crippen LogP contribution in [0.4, 0.5) is 5.69 Å². The number of carbonyl (C=O) groups is 1. The van der Waals surface area contributed by atoms with Crippen molar-refractivity contribution >= 4 is 27.5 Å². The van der Waals surface area contributed by atoms with Crippen molar-refractivity contribution in [1.29, 1.82) is 0 Å². The third-order valence-electron chi connectivity index (χ3n) is 3.19. The number of carbonyl (C=O) groups excluding carboxylic acids is 1. The van der Waals surface area contributed by atoms with E-state index in [0.717, 1.165) is 10.5 Å². The molecule has 8 heteroatoms. The first-order valence-electron chi connectivity index (χ1n) is 6.57. The number of para-hydroxylation sites is 1. The number of phenols is 1. The number of nitro groups is 1. The van der Waals surface area contributed by atoms with Crippen LogP contribution in [0.15, 0.2) is 46.9 Å². The molecule has 0 spiro atoms. The van der Waals surface area contributed by atoms with E-state index in [-0.39, 0.29) is 12.2 Å². The molecule has 0 aromatic heterocycles. The molecule has 0 fully saturated rings. The number of aliphatic hydroxyl groups excluding tert-OH is 1. The zero-order valence-corrected chi connectivity index (χ0v) is 13.4. The third kappa shape index (κ3) is 3.85. The molecule has 2 aromatic carbocycles. The molecule has 120 valence electrons. The molecule has 2 rings (SSSR count). The van der Waals surface area contributed by atoms with Crippen molar-refractivity contribution in [3.63, 3.8) is 0 Å². The Balaban J connectivity index is 2.27. The Morgan fingerprint density at radius 1 is 1.30 bits per heavy atom. The number of phenolic OH excluding ortho intramolecular Hbond substituents is 1. The van der Waals surface area contributed by atoms with Crippen LogP contribution < -0.4 is 5.32 Å². The van der Waals surface area contributed by atoms with Crippen molar-refractivity contribution in [2.75, 3.05) is 6.61 Å². The van der Waals surface area contributed by atoms with Crippen LogP contribution in [0, 0.1) is 10.1 Å². The molecule has 0 aliphatic heterocycles. The summed E-state index contributed by atoms with van der Waals surface area (Å²) < 4.78 is 0.779.